The summed E-state index contributed by atoms with van der Waals surface area (Å²) >= 11 is 5.76. The number of aryl methyl sites for hydroxylation is 1. The maximum atomic E-state index is 11.3. The molecule has 0 aliphatic carbocycles. The number of methoxy groups -OCH3 is 1. The summed E-state index contributed by atoms with van der Waals surface area (Å²) in [5, 5.41) is 15.5. The number of pyridine rings is 1. The van der Waals surface area contributed by atoms with E-state index in [0.29, 0.717) is 5.75 Å². The lowest BCUT2D eigenvalue weighted by Crippen LogP contribution is -2.30. The summed E-state index contributed by atoms with van der Waals surface area (Å²) in [6.45, 7) is 7.12. The number of benzene rings is 1. The molecular formula is C25H29N5O3S. The van der Waals surface area contributed by atoms with Crippen LogP contribution in [0.5, 0.6) is 5.75 Å². The van der Waals surface area contributed by atoms with E-state index in [1.807, 2.05) is 25.1 Å². The number of aromatic nitrogens is 2. The fourth-order valence-corrected chi connectivity index (χ4v) is 5.07. The van der Waals surface area contributed by atoms with Gasteiger partial charge in [0.1, 0.15) is 5.75 Å². The first-order chi connectivity index (χ1) is 16.4. The van der Waals surface area contributed by atoms with Gasteiger partial charge < -0.3 is 19.5 Å². The van der Waals surface area contributed by atoms with E-state index in [2.05, 4.69) is 39.7 Å². The van der Waals surface area contributed by atoms with Gasteiger partial charge in [-0.2, -0.15) is 0 Å². The number of hydrogen-bond acceptors (Lipinski definition) is 5. The topological polar surface area (TPSA) is 85.5 Å². The molecule has 0 unspecified atom stereocenters. The van der Waals surface area contributed by atoms with Crippen LogP contribution < -0.4 is 10.1 Å². The zero-order valence-corrected chi connectivity index (χ0v) is 20.6. The second-order valence-electron chi connectivity index (χ2n) is 8.45. The predicted molar refractivity (Wildman–Crippen MR) is 136 cm³/mol. The first-order valence-electron chi connectivity index (χ1n) is 11.4. The van der Waals surface area contributed by atoms with Crippen LogP contribution in [0.2, 0.25) is 0 Å². The smallest absolute Gasteiger partial charge is 0.273 e. The summed E-state index contributed by atoms with van der Waals surface area (Å²) in [6.07, 6.45) is 3.90. The molecule has 34 heavy (non-hydrogen) atoms. The molecule has 1 aromatic carbocycles. The molecule has 1 aliphatic heterocycles. The fraction of sp³-hybridized carbons (Fsp3) is 0.360. The second kappa shape index (κ2) is 9.80. The molecule has 4 rings (SSSR count). The normalized spacial score (nSPS) is 17.6. The van der Waals surface area contributed by atoms with Gasteiger partial charge in [-0.15, -0.1) is 0 Å². The molecule has 2 atom stereocenters. The molecule has 3 heterocycles. The van der Waals surface area contributed by atoms with Gasteiger partial charge in [0, 0.05) is 30.2 Å². The van der Waals surface area contributed by atoms with Crippen molar-refractivity contribution in [3.05, 3.63) is 81.4 Å². The average molecular weight is 480 g/mol. The van der Waals surface area contributed by atoms with Gasteiger partial charge in [-0.25, -0.2) is 0 Å². The Hall–Kier alpha value is -3.46. The van der Waals surface area contributed by atoms with E-state index in [9.17, 15) is 10.1 Å². The third-order valence-corrected chi connectivity index (χ3v) is 6.71. The van der Waals surface area contributed by atoms with Crippen molar-refractivity contribution in [2.45, 2.75) is 45.7 Å². The van der Waals surface area contributed by atoms with Gasteiger partial charge in [0.25, 0.3) is 5.69 Å². The number of rotatable bonds is 8. The van der Waals surface area contributed by atoms with Crippen molar-refractivity contribution in [1.82, 2.24) is 19.8 Å². The van der Waals surface area contributed by atoms with Crippen LogP contribution in [-0.2, 0) is 0 Å². The van der Waals surface area contributed by atoms with Crippen LogP contribution in [0.4, 0.5) is 5.69 Å². The number of nitro groups is 1. The highest BCUT2D eigenvalue weighted by Crippen LogP contribution is 2.42. The van der Waals surface area contributed by atoms with E-state index in [0.717, 1.165) is 52.8 Å². The zero-order valence-electron chi connectivity index (χ0n) is 19.8. The van der Waals surface area contributed by atoms with Gasteiger partial charge in [0.2, 0.25) is 0 Å². The highest BCUT2D eigenvalue weighted by atomic mass is 32.1. The lowest BCUT2D eigenvalue weighted by molar-refractivity contribution is -0.384. The minimum Gasteiger partial charge on any atom is -0.494 e. The number of thiocarbonyl (C=S) groups is 1. The Labute approximate surface area is 204 Å². The lowest BCUT2D eigenvalue weighted by atomic mass is 9.96. The number of hydrogen-bond donors (Lipinski definition) is 1. The van der Waals surface area contributed by atoms with Crippen molar-refractivity contribution in [3.8, 4) is 11.4 Å². The monoisotopic (exact) mass is 479 g/mol. The van der Waals surface area contributed by atoms with Gasteiger partial charge in [0.05, 0.1) is 41.6 Å². The number of ether oxygens (including phenoxy) is 1. The Morgan fingerprint density at radius 3 is 2.68 bits per heavy atom. The van der Waals surface area contributed by atoms with E-state index in [4.69, 9.17) is 17.0 Å². The summed E-state index contributed by atoms with van der Waals surface area (Å²) in [6, 6.07) is 12.7. The standard InChI is InChI=1S/C25H29N5O3S/c1-5-6-13-28-24(23(27-25(28)34)20-9-7-8-12-26-20)19-14-16(2)29(17(19)3)21-11-10-18(30(31)32)15-22(21)33-4/h7-12,14-15,23-24H,5-6,13H2,1-4H3,(H,27,34)/t23-,24-/m0/s1. The molecule has 9 heteroatoms. The van der Waals surface area contributed by atoms with E-state index in [1.54, 1.807) is 12.3 Å². The Bertz CT molecular complexity index is 1210. The molecule has 0 radical (unpaired) electrons. The molecule has 1 fully saturated rings. The van der Waals surface area contributed by atoms with Crippen LogP contribution in [0.15, 0.2) is 48.7 Å². The van der Waals surface area contributed by atoms with Crippen molar-refractivity contribution in [3.63, 3.8) is 0 Å². The van der Waals surface area contributed by atoms with E-state index in [-0.39, 0.29) is 17.8 Å². The number of nitrogens with zero attached hydrogens (tertiary/aromatic N) is 4. The molecule has 3 aromatic rings. The van der Waals surface area contributed by atoms with Gasteiger partial charge in [-0.05, 0) is 62.3 Å². The highest BCUT2D eigenvalue weighted by molar-refractivity contribution is 7.80. The number of non-ortho nitro benzene ring substituents is 1. The van der Waals surface area contributed by atoms with Crippen LogP contribution >= 0.6 is 12.2 Å². The Morgan fingerprint density at radius 2 is 2.03 bits per heavy atom. The van der Waals surface area contributed by atoms with Gasteiger partial charge >= 0.3 is 0 Å². The van der Waals surface area contributed by atoms with Gasteiger partial charge in [0.15, 0.2) is 5.11 Å². The summed E-state index contributed by atoms with van der Waals surface area (Å²) in [4.78, 5) is 17.7. The molecule has 2 aromatic heterocycles. The SMILES string of the molecule is CCCCN1C(=S)N[C@@H](c2ccccn2)[C@@H]1c1cc(C)n(-c2ccc([N+](=O)[O-])cc2OC)c1C. The van der Waals surface area contributed by atoms with Crippen molar-refractivity contribution >= 4 is 23.0 Å². The maximum absolute atomic E-state index is 11.3. The zero-order chi connectivity index (χ0) is 24.4. The summed E-state index contributed by atoms with van der Waals surface area (Å²) in [5.74, 6) is 0.451. The number of nitrogens with one attached hydrogen (secondary N) is 1. The molecule has 0 amide bonds. The van der Waals surface area contributed by atoms with Crippen LogP contribution in [-0.4, -0.2) is 38.1 Å². The molecule has 0 saturated carbocycles. The number of nitro benzene ring substituents is 1. The Kier molecular flexibility index (Phi) is 6.83. The maximum Gasteiger partial charge on any atom is 0.273 e. The first-order valence-corrected chi connectivity index (χ1v) is 11.8. The Morgan fingerprint density at radius 1 is 1.24 bits per heavy atom. The lowest BCUT2D eigenvalue weighted by Gasteiger charge is -2.28. The van der Waals surface area contributed by atoms with Gasteiger partial charge in [-0.1, -0.05) is 19.4 Å². The highest BCUT2D eigenvalue weighted by Gasteiger charge is 2.41. The molecule has 0 bridgehead atoms. The molecule has 0 spiro atoms. The molecule has 1 aliphatic rings. The van der Waals surface area contributed by atoms with Crippen LogP contribution in [0.3, 0.4) is 0 Å². The average Bonchev–Trinajstić information content (AvgIpc) is 3.32. The van der Waals surface area contributed by atoms with Crippen LogP contribution in [0.25, 0.3) is 5.69 Å². The molecule has 1 N–H and O–H groups in total. The first kappa shape index (κ1) is 23.7. The third-order valence-electron chi connectivity index (χ3n) is 6.35. The van der Waals surface area contributed by atoms with Crippen molar-refractivity contribution in [2.75, 3.05) is 13.7 Å². The van der Waals surface area contributed by atoms with Crippen molar-refractivity contribution in [2.24, 2.45) is 0 Å². The van der Waals surface area contributed by atoms with Crippen molar-refractivity contribution < 1.29 is 9.66 Å². The summed E-state index contributed by atoms with van der Waals surface area (Å²) in [5.41, 5.74) is 4.87. The van der Waals surface area contributed by atoms with E-state index >= 15 is 0 Å². The minimum atomic E-state index is -0.415. The number of unbranched alkanes of at least 4 members (excludes halogenated alkanes) is 1. The van der Waals surface area contributed by atoms with E-state index < -0.39 is 4.92 Å². The van der Waals surface area contributed by atoms with Crippen molar-refractivity contribution in [1.29, 1.82) is 0 Å². The molecule has 8 nitrogen and oxygen atoms in total. The summed E-state index contributed by atoms with van der Waals surface area (Å²) in [7, 11) is 1.53. The Balaban J connectivity index is 1.84. The molecular weight excluding hydrogens is 450 g/mol. The fourth-order valence-electron chi connectivity index (χ4n) is 4.74. The van der Waals surface area contributed by atoms with Gasteiger partial charge in [-0.3, -0.25) is 15.1 Å². The molecule has 178 valence electrons. The van der Waals surface area contributed by atoms with Crippen LogP contribution in [0.1, 0.15) is 54.5 Å². The largest absolute Gasteiger partial charge is 0.494 e. The van der Waals surface area contributed by atoms with E-state index in [1.165, 1.54) is 19.2 Å². The quantitative estimate of drug-likeness (QED) is 0.271. The summed E-state index contributed by atoms with van der Waals surface area (Å²) < 4.78 is 7.63. The third kappa shape index (κ3) is 4.23. The second-order valence-corrected chi connectivity index (χ2v) is 8.84. The minimum absolute atomic E-state index is 0.00501. The van der Waals surface area contributed by atoms with Crippen LogP contribution in [0, 0.1) is 24.0 Å². The predicted octanol–water partition coefficient (Wildman–Crippen LogP) is 5.18. The molecule has 1 saturated heterocycles.